The van der Waals surface area contributed by atoms with Gasteiger partial charge in [-0.2, -0.15) is 0 Å². The number of hydrogen-bond acceptors (Lipinski definition) is 4. The van der Waals surface area contributed by atoms with Crippen molar-refractivity contribution in [3.8, 4) is 0 Å². The van der Waals surface area contributed by atoms with E-state index in [-0.39, 0.29) is 24.7 Å². The third-order valence-electron chi connectivity index (χ3n) is 4.14. The second kappa shape index (κ2) is 5.87. The number of nitrogens with one attached hydrogen (secondary N) is 2. The molecule has 5 nitrogen and oxygen atoms in total. The van der Waals surface area contributed by atoms with Crippen LogP contribution in [0.1, 0.15) is 30.1 Å². The summed E-state index contributed by atoms with van der Waals surface area (Å²) in [6.45, 7) is 0.149. The number of benzene rings is 1. The lowest BCUT2D eigenvalue weighted by molar-refractivity contribution is -0.143. The first kappa shape index (κ1) is 14.1. The Morgan fingerprint density at radius 1 is 1.43 bits per heavy atom. The van der Waals surface area contributed by atoms with Crippen molar-refractivity contribution in [3.05, 3.63) is 35.5 Å². The van der Waals surface area contributed by atoms with Crippen LogP contribution in [0.2, 0.25) is 0 Å². The third-order valence-corrected chi connectivity index (χ3v) is 4.14. The number of esters is 1. The number of aliphatic hydroxyl groups is 1. The Balaban J connectivity index is 2.01. The summed E-state index contributed by atoms with van der Waals surface area (Å²) in [6, 6.07) is 7.84. The number of carbonyl (C=O) groups is 1. The number of fused-ring (bicyclic) bond motifs is 3. The highest BCUT2D eigenvalue weighted by atomic mass is 16.5. The van der Waals surface area contributed by atoms with E-state index in [0.29, 0.717) is 12.8 Å². The molecule has 0 radical (unpaired) electrons. The number of ether oxygens (including phenoxy) is 1. The summed E-state index contributed by atoms with van der Waals surface area (Å²) in [5.41, 5.74) is 3.40. The van der Waals surface area contributed by atoms with E-state index in [1.165, 1.54) is 12.7 Å². The number of H-pyrrole nitrogens is 1. The Morgan fingerprint density at radius 3 is 3.00 bits per heavy atom. The SMILES string of the molecule is COC(=O)[C@@H]1Cc2c([nH]c3ccccc23)[C@H](CCCO)N1. The summed E-state index contributed by atoms with van der Waals surface area (Å²) < 4.78 is 4.89. The molecule has 1 aromatic carbocycles. The van der Waals surface area contributed by atoms with Gasteiger partial charge in [0.05, 0.1) is 7.11 Å². The number of para-hydroxylation sites is 1. The van der Waals surface area contributed by atoms with E-state index < -0.39 is 0 Å². The highest BCUT2D eigenvalue weighted by molar-refractivity contribution is 5.87. The average molecular weight is 288 g/mol. The lowest BCUT2D eigenvalue weighted by Gasteiger charge is -2.29. The quantitative estimate of drug-likeness (QED) is 0.748. The smallest absolute Gasteiger partial charge is 0.323 e. The molecular formula is C16H20N2O3. The Kier molecular flexibility index (Phi) is 3.94. The fourth-order valence-corrected chi connectivity index (χ4v) is 3.14. The molecule has 112 valence electrons. The summed E-state index contributed by atoms with van der Waals surface area (Å²) in [5.74, 6) is -0.236. The molecule has 3 N–H and O–H groups in total. The molecule has 3 rings (SSSR count). The van der Waals surface area contributed by atoms with Gasteiger partial charge < -0.3 is 14.8 Å². The summed E-state index contributed by atoms with van der Waals surface area (Å²) >= 11 is 0. The van der Waals surface area contributed by atoms with E-state index in [2.05, 4.69) is 16.4 Å². The number of aromatic amines is 1. The van der Waals surface area contributed by atoms with Gasteiger partial charge in [0, 0.05) is 35.7 Å². The van der Waals surface area contributed by atoms with Gasteiger partial charge in [-0.1, -0.05) is 18.2 Å². The van der Waals surface area contributed by atoms with E-state index in [9.17, 15) is 4.79 Å². The number of methoxy groups -OCH3 is 1. The van der Waals surface area contributed by atoms with Crippen molar-refractivity contribution in [2.24, 2.45) is 0 Å². The van der Waals surface area contributed by atoms with Crippen LogP contribution in [0, 0.1) is 0 Å². The zero-order chi connectivity index (χ0) is 14.8. The van der Waals surface area contributed by atoms with Crippen LogP contribution in [0.4, 0.5) is 0 Å². The first-order valence-corrected chi connectivity index (χ1v) is 7.28. The van der Waals surface area contributed by atoms with Gasteiger partial charge in [-0.3, -0.25) is 10.1 Å². The Bertz CT molecular complexity index is 650. The van der Waals surface area contributed by atoms with Gasteiger partial charge in [0.25, 0.3) is 0 Å². The van der Waals surface area contributed by atoms with Gasteiger partial charge in [-0.05, 0) is 24.5 Å². The molecule has 0 spiro atoms. The first-order chi connectivity index (χ1) is 10.2. The molecular weight excluding hydrogens is 268 g/mol. The van der Waals surface area contributed by atoms with Crippen molar-refractivity contribution < 1.29 is 14.6 Å². The lowest BCUT2D eigenvalue weighted by atomic mass is 9.92. The van der Waals surface area contributed by atoms with Gasteiger partial charge in [0.1, 0.15) is 6.04 Å². The molecule has 0 unspecified atom stereocenters. The van der Waals surface area contributed by atoms with E-state index in [1.54, 1.807) is 0 Å². The van der Waals surface area contributed by atoms with Crippen molar-refractivity contribution in [3.63, 3.8) is 0 Å². The minimum Gasteiger partial charge on any atom is -0.468 e. The Labute approximate surface area is 123 Å². The maximum absolute atomic E-state index is 11.9. The normalized spacial score (nSPS) is 21.2. The van der Waals surface area contributed by atoms with Gasteiger partial charge in [-0.15, -0.1) is 0 Å². The predicted octanol–water partition coefficient (Wildman–Crippen LogP) is 1.67. The molecule has 5 heteroatoms. The molecule has 1 aliphatic rings. The van der Waals surface area contributed by atoms with E-state index in [0.717, 1.165) is 23.0 Å². The molecule has 0 bridgehead atoms. The van der Waals surface area contributed by atoms with Crippen LogP contribution in [0.5, 0.6) is 0 Å². The van der Waals surface area contributed by atoms with Crippen LogP contribution in [-0.2, 0) is 16.0 Å². The van der Waals surface area contributed by atoms with Crippen LogP contribution in [0.25, 0.3) is 10.9 Å². The molecule has 2 atom stereocenters. The maximum Gasteiger partial charge on any atom is 0.323 e. The summed E-state index contributed by atoms with van der Waals surface area (Å²) in [5, 5.41) is 13.6. The summed E-state index contributed by atoms with van der Waals surface area (Å²) in [4.78, 5) is 15.4. The minimum absolute atomic E-state index is 0.0393. The number of rotatable bonds is 4. The van der Waals surface area contributed by atoms with Crippen molar-refractivity contribution in [2.75, 3.05) is 13.7 Å². The molecule has 1 aromatic heterocycles. The van der Waals surface area contributed by atoms with Gasteiger partial charge in [-0.25, -0.2) is 0 Å². The standard InChI is InChI=1S/C16H20N2O3/c1-21-16(20)14-9-11-10-5-2-3-6-12(10)18-15(11)13(17-14)7-4-8-19/h2-3,5-6,13-14,17-19H,4,7-9H2,1H3/t13-,14-/m0/s1. The number of aromatic nitrogens is 1. The van der Waals surface area contributed by atoms with E-state index in [1.807, 2.05) is 18.2 Å². The van der Waals surface area contributed by atoms with Crippen LogP contribution in [0.15, 0.2) is 24.3 Å². The molecule has 2 heterocycles. The summed E-state index contributed by atoms with van der Waals surface area (Å²) in [6.07, 6.45) is 2.10. The first-order valence-electron chi connectivity index (χ1n) is 7.28. The third kappa shape index (κ3) is 2.54. The maximum atomic E-state index is 11.9. The van der Waals surface area contributed by atoms with Crippen LogP contribution in [0.3, 0.4) is 0 Å². The predicted molar refractivity (Wildman–Crippen MR) is 80.0 cm³/mol. The van der Waals surface area contributed by atoms with Crippen molar-refractivity contribution >= 4 is 16.9 Å². The molecule has 21 heavy (non-hydrogen) atoms. The van der Waals surface area contributed by atoms with Crippen molar-refractivity contribution in [2.45, 2.75) is 31.3 Å². The zero-order valence-electron chi connectivity index (χ0n) is 12.1. The van der Waals surface area contributed by atoms with Crippen LogP contribution in [-0.4, -0.2) is 35.8 Å². The molecule has 0 amide bonds. The summed E-state index contributed by atoms with van der Waals surface area (Å²) in [7, 11) is 1.41. The van der Waals surface area contributed by atoms with Gasteiger partial charge >= 0.3 is 5.97 Å². The topological polar surface area (TPSA) is 74.4 Å². The Morgan fingerprint density at radius 2 is 2.24 bits per heavy atom. The van der Waals surface area contributed by atoms with E-state index in [4.69, 9.17) is 9.84 Å². The number of hydrogen-bond donors (Lipinski definition) is 3. The second-order valence-electron chi connectivity index (χ2n) is 5.43. The molecule has 2 aromatic rings. The second-order valence-corrected chi connectivity index (χ2v) is 5.43. The van der Waals surface area contributed by atoms with Gasteiger partial charge in [0.2, 0.25) is 0 Å². The number of aliphatic hydroxyl groups excluding tert-OH is 1. The van der Waals surface area contributed by atoms with Crippen LogP contribution < -0.4 is 5.32 Å². The van der Waals surface area contributed by atoms with Crippen molar-refractivity contribution in [1.29, 1.82) is 0 Å². The molecule has 0 saturated heterocycles. The largest absolute Gasteiger partial charge is 0.468 e. The average Bonchev–Trinajstić information content (AvgIpc) is 2.90. The van der Waals surface area contributed by atoms with Gasteiger partial charge in [0.15, 0.2) is 0 Å². The zero-order valence-corrected chi connectivity index (χ0v) is 12.1. The fourth-order valence-electron chi connectivity index (χ4n) is 3.14. The van der Waals surface area contributed by atoms with Crippen molar-refractivity contribution in [1.82, 2.24) is 10.3 Å². The minimum atomic E-state index is -0.328. The molecule has 0 fully saturated rings. The molecule has 1 aliphatic heterocycles. The fraction of sp³-hybridized carbons (Fsp3) is 0.438. The highest BCUT2D eigenvalue weighted by Gasteiger charge is 2.33. The molecule has 0 saturated carbocycles. The van der Waals surface area contributed by atoms with Crippen LogP contribution >= 0.6 is 0 Å². The molecule has 0 aliphatic carbocycles. The highest BCUT2D eigenvalue weighted by Crippen LogP contribution is 2.33. The Hall–Kier alpha value is -1.85. The monoisotopic (exact) mass is 288 g/mol. The van der Waals surface area contributed by atoms with E-state index >= 15 is 0 Å². The lowest BCUT2D eigenvalue weighted by Crippen LogP contribution is -2.45. The number of carbonyl (C=O) groups excluding carboxylic acids is 1.